The van der Waals surface area contributed by atoms with Crippen LogP contribution in [-0.4, -0.2) is 23.1 Å². The van der Waals surface area contributed by atoms with Crippen LogP contribution in [0.15, 0.2) is 12.2 Å². The molecule has 1 atom stereocenters. The normalized spacial score (nSPS) is 12.3. The van der Waals surface area contributed by atoms with E-state index in [2.05, 4.69) is 19.1 Å². The lowest BCUT2D eigenvalue weighted by Gasteiger charge is -2.15. The van der Waals surface area contributed by atoms with Crippen molar-refractivity contribution in [2.24, 2.45) is 0 Å². The Morgan fingerprint density at radius 2 is 1.27 bits per heavy atom. The molecule has 0 radical (unpaired) electrons. The first-order chi connectivity index (χ1) is 14.6. The highest BCUT2D eigenvalue weighted by Crippen LogP contribution is 2.13. The minimum Gasteiger partial charge on any atom is -0.481 e. The second kappa shape index (κ2) is 22.4. The average molecular weight is 425 g/mol. The van der Waals surface area contributed by atoms with Crippen molar-refractivity contribution in [2.75, 3.05) is 0 Å². The minimum absolute atomic E-state index is 0.134. The van der Waals surface area contributed by atoms with Crippen LogP contribution >= 0.6 is 0 Å². The zero-order chi connectivity index (χ0) is 22.3. The highest BCUT2D eigenvalue weighted by atomic mass is 16.5. The summed E-state index contributed by atoms with van der Waals surface area (Å²) in [6.07, 6.45) is 24.7. The summed E-state index contributed by atoms with van der Waals surface area (Å²) in [5.74, 6) is -0.926. The van der Waals surface area contributed by atoms with Crippen LogP contribution in [0.25, 0.3) is 0 Å². The molecule has 0 aromatic heterocycles. The predicted molar refractivity (Wildman–Crippen MR) is 126 cm³/mol. The fourth-order valence-corrected chi connectivity index (χ4v) is 3.59. The molecule has 176 valence electrons. The zero-order valence-corrected chi connectivity index (χ0v) is 19.8. The third kappa shape index (κ3) is 21.4. The number of carboxylic acids is 1. The molecule has 0 saturated carbocycles. The van der Waals surface area contributed by atoms with Crippen LogP contribution in [0.3, 0.4) is 0 Å². The lowest BCUT2D eigenvalue weighted by atomic mass is 10.1. The second-order valence-electron chi connectivity index (χ2n) is 8.49. The molecule has 0 aliphatic heterocycles. The third-order valence-electron chi connectivity index (χ3n) is 5.56. The molecule has 0 rings (SSSR count). The number of rotatable bonds is 22. The molecule has 0 heterocycles. The van der Waals surface area contributed by atoms with Crippen molar-refractivity contribution in [1.82, 2.24) is 0 Å². The number of esters is 1. The van der Waals surface area contributed by atoms with Gasteiger partial charge in [-0.05, 0) is 51.4 Å². The highest BCUT2D eigenvalue weighted by molar-refractivity contribution is 5.69. The molecule has 0 fully saturated rings. The predicted octanol–water partition coefficient (Wildman–Crippen LogP) is 7.99. The van der Waals surface area contributed by atoms with Crippen molar-refractivity contribution < 1.29 is 19.4 Å². The summed E-state index contributed by atoms with van der Waals surface area (Å²) in [6.45, 7) is 4.24. The molecule has 0 spiro atoms. The first-order valence-corrected chi connectivity index (χ1v) is 12.7. The maximum Gasteiger partial charge on any atom is 0.306 e. The number of carboxylic acid groups (broad SMARTS) is 1. The first-order valence-electron chi connectivity index (χ1n) is 12.7. The summed E-state index contributed by atoms with van der Waals surface area (Å²) in [5, 5.41) is 8.68. The van der Waals surface area contributed by atoms with Crippen LogP contribution in [0.5, 0.6) is 0 Å². The second-order valence-corrected chi connectivity index (χ2v) is 8.49. The average Bonchev–Trinajstić information content (AvgIpc) is 2.72. The quantitative estimate of drug-likeness (QED) is 0.109. The Balaban J connectivity index is 3.43. The van der Waals surface area contributed by atoms with Gasteiger partial charge in [0.05, 0.1) is 0 Å². The molecule has 0 amide bonds. The van der Waals surface area contributed by atoms with Crippen molar-refractivity contribution in [3.8, 4) is 0 Å². The van der Waals surface area contributed by atoms with Gasteiger partial charge in [0.2, 0.25) is 0 Å². The molecule has 4 heteroatoms. The van der Waals surface area contributed by atoms with Crippen LogP contribution in [-0.2, 0) is 14.3 Å². The maximum atomic E-state index is 11.9. The zero-order valence-electron chi connectivity index (χ0n) is 19.8. The van der Waals surface area contributed by atoms with E-state index in [1.165, 1.54) is 77.0 Å². The number of hydrogen-bond acceptors (Lipinski definition) is 3. The van der Waals surface area contributed by atoms with E-state index in [9.17, 15) is 9.59 Å². The molecule has 0 bridgehead atoms. The Labute approximate surface area is 185 Å². The highest BCUT2D eigenvalue weighted by Gasteiger charge is 2.12. The van der Waals surface area contributed by atoms with Crippen molar-refractivity contribution >= 4 is 11.9 Å². The SMILES string of the molecule is CCCCCCCCC/C=C\CCCCCCCC(=O)OC(CC)CCCC(=O)O. The largest absolute Gasteiger partial charge is 0.481 e. The number of ether oxygens (including phenoxy) is 1. The van der Waals surface area contributed by atoms with Gasteiger partial charge in [-0.1, -0.05) is 83.8 Å². The van der Waals surface area contributed by atoms with Gasteiger partial charge in [-0.25, -0.2) is 0 Å². The third-order valence-corrected chi connectivity index (χ3v) is 5.56. The Morgan fingerprint density at radius 3 is 1.80 bits per heavy atom. The first kappa shape index (κ1) is 28.7. The van der Waals surface area contributed by atoms with Crippen LogP contribution < -0.4 is 0 Å². The monoisotopic (exact) mass is 424 g/mol. The Kier molecular flexibility index (Phi) is 21.4. The van der Waals surface area contributed by atoms with E-state index in [0.29, 0.717) is 19.3 Å². The Bertz CT molecular complexity index is 431. The van der Waals surface area contributed by atoms with Crippen LogP contribution in [0.1, 0.15) is 136 Å². The van der Waals surface area contributed by atoms with Gasteiger partial charge < -0.3 is 9.84 Å². The van der Waals surface area contributed by atoms with Crippen molar-refractivity contribution in [3.63, 3.8) is 0 Å². The minimum atomic E-state index is -0.792. The molecule has 0 aromatic carbocycles. The van der Waals surface area contributed by atoms with Crippen molar-refractivity contribution in [2.45, 2.75) is 142 Å². The van der Waals surface area contributed by atoms with E-state index in [1.807, 2.05) is 6.92 Å². The van der Waals surface area contributed by atoms with Crippen LogP contribution in [0.4, 0.5) is 0 Å². The van der Waals surface area contributed by atoms with Gasteiger partial charge >= 0.3 is 11.9 Å². The maximum absolute atomic E-state index is 11.9. The molecular formula is C26H48O4. The van der Waals surface area contributed by atoms with Crippen molar-refractivity contribution in [1.29, 1.82) is 0 Å². The fraction of sp³-hybridized carbons (Fsp3) is 0.846. The fourth-order valence-electron chi connectivity index (χ4n) is 3.59. The van der Waals surface area contributed by atoms with E-state index in [1.54, 1.807) is 0 Å². The molecule has 0 aliphatic carbocycles. The summed E-state index contributed by atoms with van der Waals surface area (Å²) in [6, 6.07) is 0. The Morgan fingerprint density at radius 1 is 0.733 bits per heavy atom. The van der Waals surface area contributed by atoms with Gasteiger partial charge in [-0.3, -0.25) is 9.59 Å². The number of allylic oxidation sites excluding steroid dienone is 2. The van der Waals surface area contributed by atoms with E-state index in [0.717, 1.165) is 19.3 Å². The number of aliphatic carboxylic acids is 1. The standard InChI is InChI=1S/C26H48O4/c1-3-5-6-7-8-9-10-11-12-13-14-15-16-17-18-19-23-26(29)30-24(4-2)21-20-22-25(27)28/h12-13,24H,3-11,14-23H2,1-2H3,(H,27,28)/b13-12-. The molecule has 4 nitrogen and oxygen atoms in total. The summed E-state index contributed by atoms with van der Waals surface area (Å²) < 4.78 is 5.46. The molecule has 0 aromatic rings. The summed E-state index contributed by atoms with van der Waals surface area (Å²) in [4.78, 5) is 22.5. The summed E-state index contributed by atoms with van der Waals surface area (Å²) >= 11 is 0. The van der Waals surface area contributed by atoms with Crippen molar-refractivity contribution in [3.05, 3.63) is 12.2 Å². The molecule has 30 heavy (non-hydrogen) atoms. The molecule has 1 unspecified atom stereocenters. The number of hydrogen-bond donors (Lipinski definition) is 1. The topological polar surface area (TPSA) is 63.6 Å². The van der Waals surface area contributed by atoms with Gasteiger partial charge in [0.15, 0.2) is 0 Å². The molecular weight excluding hydrogens is 376 g/mol. The molecule has 0 aliphatic rings. The van der Waals surface area contributed by atoms with Gasteiger partial charge in [0.25, 0.3) is 0 Å². The van der Waals surface area contributed by atoms with Gasteiger partial charge in [-0.15, -0.1) is 0 Å². The lowest BCUT2D eigenvalue weighted by Crippen LogP contribution is -2.17. The smallest absolute Gasteiger partial charge is 0.306 e. The summed E-state index contributed by atoms with van der Waals surface area (Å²) in [7, 11) is 0. The van der Waals surface area contributed by atoms with E-state index < -0.39 is 5.97 Å². The number of carbonyl (C=O) groups is 2. The number of carbonyl (C=O) groups excluding carboxylic acids is 1. The van der Waals surface area contributed by atoms with Crippen LogP contribution in [0.2, 0.25) is 0 Å². The van der Waals surface area contributed by atoms with Crippen LogP contribution in [0, 0.1) is 0 Å². The van der Waals surface area contributed by atoms with E-state index in [4.69, 9.17) is 9.84 Å². The molecule has 0 saturated heterocycles. The number of unbranched alkanes of at least 4 members (excludes halogenated alkanes) is 12. The van der Waals surface area contributed by atoms with E-state index >= 15 is 0 Å². The van der Waals surface area contributed by atoms with Gasteiger partial charge in [0, 0.05) is 12.8 Å². The Hall–Kier alpha value is -1.32. The lowest BCUT2D eigenvalue weighted by molar-refractivity contribution is -0.149. The van der Waals surface area contributed by atoms with Gasteiger partial charge in [-0.2, -0.15) is 0 Å². The summed E-state index contributed by atoms with van der Waals surface area (Å²) in [5.41, 5.74) is 0. The van der Waals surface area contributed by atoms with Gasteiger partial charge in [0.1, 0.15) is 6.10 Å². The van der Waals surface area contributed by atoms with E-state index in [-0.39, 0.29) is 18.5 Å². The molecule has 1 N–H and O–H groups in total.